The Bertz CT molecular complexity index is 432. The van der Waals surface area contributed by atoms with Crippen LogP contribution in [0.25, 0.3) is 0 Å². The third-order valence-electron chi connectivity index (χ3n) is 4.01. The first-order valence-electron chi connectivity index (χ1n) is 6.05. The zero-order valence-electron chi connectivity index (χ0n) is 9.72. The fourth-order valence-corrected chi connectivity index (χ4v) is 3.04. The van der Waals surface area contributed by atoms with E-state index in [4.69, 9.17) is 0 Å². The Hall–Kier alpha value is -1.65. The summed E-state index contributed by atoms with van der Waals surface area (Å²) in [6, 6.07) is -0.209. The van der Waals surface area contributed by atoms with Gasteiger partial charge in [0, 0.05) is 11.8 Å². The van der Waals surface area contributed by atoms with Gasteiger partial charge in [-0.25, -0.2) is 0 Å². The summed E-state index contributed by atoms with van der Waals surface area (Å²) in [6.45, 7) is 1.88. The van der Waals surface area contributed by atoms with Crippen LogP contribution in [0.1, 0.15) is 37.8 Å². The zero-order chi connectivity index (χ0) is 12.0. The van der Waals surface area contributed by atoms with E-state index in [9.17, 15) is 9.59 Å². The molecule has 17 heavy (non-hydrogen) atoms. The normalized spacial score (nSPS) is 29.8. The van der Waals surface area contributed by atoms with Crippen LogP contribution in [0.3, 0.4) is 0 Å². The highest BCUT2D eigenvalue weighted by Crippen LogP contribution is 2.42. The highest BCUT2D eigenvalue weighted by molar-refractivity contribution is 6.05. The van der Waals surface area contributed by atoms with Crippen molar-refractivity contribution in [2.75, 3.05) is 0 Å². The molecule has 3 unspecified atom stereocenters. The standard InChI is InChI=1S/C12H15N3O2/c1-7(8-5-13-14-6-8)15-11(16)9-3-2-4-10(9)12(15)17/h5-7,9-10H,2-4H2,1H3,(H,13,14). The monoisotopic (exact) mass is 233 g/mol. The second kappa shape index (κ2) is 3.68. The lowest BCUT2D eigenvalue weighted by molar-refractivity contribution is -0.142. The summed E-state index contributed by atoms with van der Waals surface area (Å²) < 4.78 is 0. The van der Waals surface area contributed by atoms with Crippen LogP contribution >= 0.6 is 0 Å². The number of carbonyl (C=O) groups is 2. The van der Waals surface area contributed by atoms with Crippen molar-refractivity contribution < 1.29 is 9.59 Å². The smallest absolute Gasteiger partial charge is 0.233 e. The Kier molecular flexibility index (Phi) is 2.28. The van der Waals surface area contributed by atoms with Gasteiger partial charge in [0.05, 0.1) is 24.1 Å². The Morgan fingerprint density at radius 2 is 2.00 bits per heavy atom. The average Bonchev–Trinajstić information content (AvgIpc) is 3.02. The van der Waals surface area contributed by atoms with E-state index >= 15 is 0 Å². The van der Waals surface area contributed by atoms with Crippen molar-refractivity contribution in [1.82, 2.24) is 15.1 Å². The number of rotatable bonds is 2. The van der Waals surface area contributed by atoms with Crippen molar-refractivity contribution in [1.29, 1.82) is 0 Å². The number of imide groups is 1. The fraction of sp³-hybridized carbons (Fsp3) is 0.583. The van der Waals surface area contributed by atoms with Crippen molar-refractivity contribution in [3.8, 4) is 0 Å². The van der Waals surface area contributed by atoms with E-state index in [0.717, 1.165) is 24.8 Å². The molecule has 1 saturated carbocycles. The number of hydrogen-bond donors (Lipinski definition) is 1. The molecule has 2 amide bonds. The van der Waals surface area contributed by atoms with Crippen LogP contribution in [-0.4, -0.2) is 26.9 Å². The molecule has 5 heteroatoms. The van der Waals surface area contributed by atoms with E-state index < -0.39 is 0 Å². The molecule has 90 valence electrons. The van der Waals surface area contributed by atoms with Crippen LogP contribution in [0.4, 0.5) is 0 Å². The topological polar surface area (TPSA) is 66.1 Å². The lowest BCUT2D eigenvalue weighted by Gasteiger charge is -2.22. The van der Waals surface area contributed by atoms with E-state index in [-0.39, 0.29) is 29.7 Å². The first-order valence-corrected chi connectivity index (χ1v) is 6.05. The molecule has 0 radical (unpaired) electrons. The molecule has 2 heterocycles. The van der Waals surface area contributed by atoms with Crippen LogP contribution in [-0.2, 0) is 9.59 Å². The summed E-state index contributed by atoms with van der Waals surface area (Å²) in [5, 5.41) is 6.58. The number of nitrogens with one attached hydrogen (secondary N) is 1. The number of fused-ring (bicyclic) bond motifs is 1. The Morgan fingerprint density at radius 1 is 1.35 bits per heavy atom. The van der Waals surface area contributed by atoms with Crippen LogP contribution in [0.15, 0.2) is 12.4 Å². The van der Waals surface area contributed by atoms with Gasteiger partial charge in [-0.2, -0.15) is 5.10 Å². The lowest BCUT2D eigenvalue weighted by atomic mass is 10.00. The summed E-state index contributed by atoms with van der Waals surface area (Å²) in [4.78, 5) is 25.8. The molecule has 3 atom stereocenters. The number of aromatic nitrogens is 2. The van der Waals surface area contributed by atoms with E-state index in [1.807, 2.05) is 6.92 Å². The second-order valence-corrected chi connectivity index (χ2v) is 4.90. The van der Waals surface area contributed by atoms with Gasteiger partial charge in [0.2, 0.25) is 11.8 Å². The first kappa shape index (κ1) is 10.5. The van der Waals surface area contributed by atoms with Crippen LogP contribution in [0.2, 0.25) is 0 Å². The zero-order valence-corrected chi connectivity index (χ0v) is 9.72. The lowest BCUT2D eigenvalue weighted by Crippen LogP contribution is -2.34. The summed E-state index contributed by atoms with van der Waals surface area (Å²) in [5.74, 6) is -0.105. The van der Waals surface area contributed by atoms with Gasteiger partial charge >= 0.3 is 0 Å². The molecule has 1 N–H and O–H groups in total. The maximum atomic E-state index is 12.2. The SMILES string of the molecule is CC(c1cn[nH]c1)N1C(=O)C2CCCC2C1=O. The highest BCUT2D eigenvalue weighted by Gasteiger charge is 2.51. The van der Waals surface area contributed by atoms with Gasteiger partial charge in [0.1, 0.15) is 0 Å². The largest absolute Gasteiger partial charge is 0.285 e. The van der Waals surface area contributed by atoms with Gasteiger partial charge in [0.25, 0.3) is 0 Å². The van der Waals surface area contributed by atoms with Crippen molar-refractivity contribution in [3.05, 3.63) is 18.0 Å². The predicted octanol–water partition coefficient (Wildman–Crippen LogP) is 1.26. The van der Waals surface area contributed by atoms with Crippen LogP contribution in [0.5, 0.6) is 0 Å². The molecule has 1 aromatic heterocycles. The van der Waals surface area contributed by atoms with Crippen molar-refractivity contribution in [2.45, 2.75) is 32.2 Å². The van der Waals surface area contributed by atoms with Gasteiger partial charge in [-0.15, -0.1) is 0 Å². The van der Waals surface area contributed by atoms with E-state index in [1.165, 1.54) is 4.90 Å². The number of amides is 2. The fourth-order valence-electron chi connectivity index (χ4n) is 3.04. The highest BCUT2D eigenvalue weighted by atomic mass is 16.2. The van der Waals surface area contributed by atoms with Crippen molar-refractivity contribution >= 4 is 11.8 Å². The van der Waals surface area contributed by atoms with Gasteiger partial charge in [-0.05, 0) is 19.8 Å². The molecule has 2 fully saturated rings. The van der Waals surface area contributed by atoms with E-state index in [1.54, 1.807) is 12.4 Å². The number of nitrogens with zero attached hydrogens (tertiary/aromatic N) is 2. The third-order valence-corrected chi connectivity index (χ3v) is 4.01. The Morgan fingerprint density at radius 3 is 2.53 bits per heavy atom. The minimum absolute atomic E-state index is 0.00574. The molecule has 5 nitrogen and oxygen atoms in total. The number of H-pyrrole nitrogens is 1. The van der Waals surface area contributed by atoms with Crippen molar-refractivity contribution in [2.24, 2.45) is 11.8 Å². The van der Waals surface area contributed by atoms with E-state index in [2.05, 4.69) is 10.2 Å². The maximum absolute atomic E-state index is 12.2. The predicted molar refractivity (Wildman–Crippen MR) is 59.7 cm³/mol. The van der Waals surface area contributed by atoms with Gasteiger partial charge in [-0.1, -0.05) is 6.42 Å². The van der Waals surface area contributed by atoms with Crippen LogP contribution in [0, 0.1) is 11.8 Å². The molecular formula is C12H15N3O2. The van der Waals surface area contributed by atoms with Gasteiger partial charge < -0.3 is 0 Å². The molecule has 1 saturated heterocycles. The second-order valence-electron chi connectivity index (χ2n) is 4.90. The molecule has 1 aliphatic heterocycles. The molecule has 3 rings (SSSR count). The number of hydrogen-bond acceptors (Lipinski definition) is 3. The molecule has 0 spiro atoms. The Labute approximate surface area is 99.2 Å². The minimum atomic E-state index is -0.209. The van der Waals surface area contributed by atoms with E-state index in [0.29, 0.717) is 0 Å². The number of likely N-dealkylation sites (tertiary alicyclic amines) is 1. The molecular weight excluding hydrogens is 218 g/mol. The van der Waals surface area contributed by atoms with Crippen LogP contribution < -0.4 is 0 Å². The molecule has 0 aromatic carbocycles. The minimum Gasteiger partial charge on any atom is -0.285 e. The summed E-state index contributed by atoms with van der Waals surface area (Å²) in [6.07, 6.45) is 6.13. The number of aromatic amines is 1. The molecule has 1 aliphatic carbocycles. The first-order chi connectivity index (χ1) is 8.20. The Balaban J connectivity index is 1.89. The van der Waals surface area contributed by atoms with Gasteiger partial charge in [0.15, 0.2) is 0 Å². The maximum Gasteiger partial charge on any atom is 0.233 e. The molecule has 0 bridgehead atoms. The summed E-state index contributed by atoms with van der Waals surface area (Å²) in [7, 11) is 0. The summed E-state index contributed by atoms with van der Waals surface area (Å²) in [5.41, 5.74) is 0.881. The number of carbonyl (C=O) groups excluding carboxylic acids is 2. The summed E-state index contributed by atoms with van der Waals surface area (Å²) >= 11 is 0. The van der Waals surface area contributed by atoms with Crippen molar-refractivity contribution in [3.63, 3.8) is 0 Å². The quantitative estimate of drug-likeness (QED) is 0.782. The third kappa shape index (κ3) is 1.41. The van der Waals surface area contributed by atoms with Gasteiger partial charge in [-0.3, -0.25) is 19.6 Å². The molecule has 1 aromatic rings. The molecule has 2 aliphatic rings. The average molecular weight is 233 g/mol.